The van der Waals surface area contributed by atoms with Gasteiger partial charge in [-0.3, -0.25) is 0 Å². The van der Waals surface area contributed by atoms with Crippen LogP contribution in [0.3, 0.4) is 0 Å². The first-order valence-electron chi connectivity index (χ1n) is 6.31. The van der Waals surface area contributed by atoms with E-state index >= 15 is 0 Å². The number of hydrogen-bond donors (Lipinski definition) is 1. The van der Waals surface area contributed by atoms with E-state index in [0.29, 0.717) is 0 Å². The minimum Gasteiger partial charge on any atom is -0.393 e. The molecule has 0 saturated carbocycles. The van der Waals surface area contributed by atoms with Crippen LogP contribution in [0.4, 0.5) is 5.69 Å². The molecule has 0 bridgehead atoms. The largest absolute Gasteiger partial charge is 0.393 e. The van der Waals surface area contributed by atoms with E-state index in [1.165, 1.54) is 16.8 Å². The highest BCUT2D eigenvalue weighted by molar-refractivity contribution is 6.17. The number of aliphatic hydroxyl groups is 1. The standard InChI is InChI=1S/C14H20ClNO/c1-11(17)9-12-3-4-14-13(10-12)5-8-16(14)7-2-6-15/h3-4,10-11,17H,2,5-9H2,1H3. The minimum atomic E-state index is -0.262. The fraction of sp³-hybridized carbons (Fsp3) is 0.571. The Morgan fingerprint density at radius 1 is 1.47 bits per heavy atom. The Balaban J connectivity index is 2.08. The van der Waals surface area contributed by atoms with Crippen molar-refractivity contribution in [3.63, 3.8) is 0 Å². The number of nitrogens with zero attached hydrogens (tertiary/aromatic N) is 1. The lowest BCUT2D eigenvalue weighted by atomic mass is 10.0. The number of aliphatic hydroxyl groups excluding tert-OH is 1. The quantitative estimate of drug-likeness (QED) is 0.816. The highest BCUT2D eigenvalue weighted by atomic mass is 35.5. The zero-order valence-electron chi connectivity index (χ0n) is 10.3. The Hall–Kier alpha value is -0.730. The molecule has 1 heterocycles. The van der Waals surface area contributed by atoms with E-state index in [2.05, 4.69) is 23.1 Å². The molecule has 94 valence electrons. The summed E-state index contributed by atoms with van der Waals surface area (Å²) >= 11 is 5.74. The van der Waals surface area contributed by atoms with Crippen LogP contribution >= 0.6 is 11.6 Å². The van der Waals surface area contributed by atoms with Gasteiger partial charge >= 0.3 is 0 Å². The molecule has 0 fully saturated rings. The normalized spacial score (nSPS) is 16.1. The van der Waals surface area contributed by atoms with Gasteiger partial charge in [-0.2, -0.15) is 0 Å². The Labute approximate surface area is 108 Å². The molecule has 2 nitrogen and oxygen atoms in total. The van der Waals surface area contributed by atoms with Gasteiger partial charge in [0.1, 0.15) is 0 Å². The minimum absolute atomic E-state index is 0.262. The first-order valence-corrected chi connectivity index (χ1v) is 6.85. The van der Waals surface area contributed by atoms with Gasteiger partial charge in [0.25, 0.3) is 0 Å². The second-order valence-electron chi connectivity index (χ2n) is 4.80. The van der Waals surface area contributed by atoms with Crippen molar-refractivity contribution in [1.29, 1.82) is 0 Å². The van der Waals surface area contributed by atoms with E-state index in [4.69, 9.17) is 11.6 Å². The van der Waals surface area contributed by atoms with E-state index in [1.54, 1.807) is 0 Å². The van der Waals surface area contributed by atoms with Gasteiger partial charge in [0.15, 0.2) is 0 Å². The summed E-state index contributed by atoms with van der Waals surface area (Å²) in [5.74, 6) is 0.728. The van der Waals surface area contributed by atoms with Gasteiger partial charge in [0.2, 0.25) is 0 Å². The molecule has 17 heavy (non-hydrogen) atoms. The van der Waals surface area contributed by atoms with Gasteiger partial charge in [-0.15, -0.1) is 11.6 Å². The van der Waals surface area contributed by atoms with E-state index < -0.39 is 0 Å². The molecule has 0 amide bonds. The maximum Gasteiger partial charge on any atom is 0.0552 e. The van der Waals surface area contributed by atoms with Crippen LogP contribution in [-0.4, -0.2) is 30.2 Å². The average Bonchev–Trinajstić information content (AvgIpc) is 2.68. The van der Waals surface area contributed by atoms with Crippen molar-refractivity contribution in [3.8, 4) is 0 Å². The van der Waals surface area contributed by atoms with Crippen LogP contribution in [0.15, 0.2) is 18.2 Å². The molecule has 1 aromatic carbocycles. The van der Waals surface area contributed by atoms with E-state index in [9.17, 15) is 5.11 Å². The molecule has 2 rings (SSSR count). The molecular formula is C14H20ClNO. The van der Waals surface area contributed by atoms with Gasteiger partial charge in [0, 0.05) is 24.7 Å². The SMILES string of the molecule is CC(O)Cc1ccc2c(c1)CCN2CCCCl. The predicted octanol–water partition coefficient (Wildman–Crippen LogP) is 2.60. The molecule has 0 spiro atoms. The molecule has 1 aromatic rings. The fourth-order valence-electron chi connectivity index (χ4n) is 2.47. The van der Waals surface area contributed by atoms with Gasteiger partial charge < -0.3 is 10.0 Å². The van der Waals surface area contributed by atoms with Crippen LogP contribution in [0.1, 0.15) is 24.5 Å². The molecule has 1 atom stereocenters. The third-order valence-electron chi connectivity index (χ3n) is 3.23. The third-order valence-corrected chi connectivity index (χ3v) is 3.50. The van der Waals surface area contributed by atoms with Crippen molar-refractivity contribution in [2.24, 2.45) is 0 Å². The number of anilines is 1. The fourth-order valence-corrected chi connectivity index (χ4v) is 2.59. The lowest BCUT2D eigenvalue weighted by molar-refractivity contribution is 0.195. The molecule has 1 aliphatic rings. The van der Waals surface area contributed by atoms with E-state index in [0.717, 1.165) is 38.2 Å². The highest BCUT2D eigenvalue weighted by Gasteiger charge is 2.18. The molecule has 0 saturated heterocycles. The smallest absolute Gasteiger partial charge is 0.0552 e. The number of alkyl halides is 1. The molecular weight excluding hydrogens is 234 g/mol. The van der Waals surface area contributed by atoms with Crippen molar-refractivity contribution in [2.75, 3.05) is 23.9 Å². The summed E-state index contributed by atoms with van der Waals surface area (Å²) in [6.07, 6.45) is 2.64. The van der Waals surface area contributed by atoms with Crippen LogP contribution in [0.25, 0.3) is 0 Å². The Morgan fingerprint density at radius 3 is 3.00 bits per heavy atom. The van der Waals surface area contributed by atoms with Crippen molar-refractivity contribution >= 4 is 17.3 Å². The maximum absolute atomic E-state index is 9.40. The lowest BCUT2D eigenvalue weighted by Crippen LogP contribution is -2.21. The topological polar surface area (TPSA) is 23.5 Å². The Morgan fingerprint density at radius 2 is 2.29 bits per heavy atom. The van der Waals surface area contributed by atoms with Crippen LogP contribution in [0, 0.1) is 0 Å². The number of fused-ring (bicyclic) bond motifs is 1. The van der Waals surface area contributed by atoms with Crippen molar-refractivity contribution in [2.45, 2.75) is 32.3 Å². The molecule has 1 unspecified atom stereocenters. The summed E-state index contributed by atoms with van der Waals surface area (Å²) in [6, 6.07) is 6.56. The van der Waals surface area contributed by atoms with Crippen LogP contribution < -0.4 is 4.90 Å². The summed E-state index contributed by atoms with van der Waals surface area (Å²) in [4.78, 5) is 2.41. The second kappa shape index (κ2) is 5.74. The van der Waals surface area contributed by atoms with Gasteiger partial charge in [-0.05, 0) is 43.4 Å². The molecule has 0 aliphatic carbocycles. The molecule has 0 aromatic heterocycles. The summed E-state index contributed by atoms with van der Waals surface area (Å²) in [6.45, 7) is 3.98. The first-order chi connectivity index (χ1) is 8.20. The Kier molecular flexibility index (Phi) is 4.30. The van der Waals surface area contributed by atoms with Gasteiger partial charge in [0.05, 0.1) is 6.10 Å². The zero-order valence-corrected chi connectivity index (χ0v) is 11.1. The van der Waals surface area contributed by atoms with Crippen LogP contribution in [0.2, 0.25) is 0 Å². The number of hydrogen-bond acceptors (Lipinski definition) is 2. The molecule has 3 heteroatoms. The summed E-state index contributed by atoms with van der Waals surface area (Å²) in [5, 5.41) is 9.40. The summed E-state index contributed by atoms with van der Waals surface area (Å²) in [7, 11) is 0. The Bertz CT molecular complexity index is 378. The average molecular weight is 254 g/mol. The van der Waals surface area contributed by atoms with Gasteiger partial charge in [-0.25, -0.2) is 0 Å². The second-order valence-corrected chi connectivity index (χ2v) is 5.17. The van der Waals surface area contributed by atoms with Gasteiger partial charge in [-0.1, -0.05) is 12.1 Å². The van der Waals surface area contributed by atoms with E-state index in [1.807, 2.05) is 6.92 Å². The number of halogens is 1. The highest BCUT2D eigenvalue weighted by Crippen LogP contribution is 2.29. The molecule has 1 aliphatic heterocycles. The van der Waals surface area contributed by atoms with Crippen molar-refractivity contribution in [3.05, 3.63) is 29.3 Å². The zero-order chi connectivity index (χ0) is 12.3. The number of rotatable bonds is 5. The maximum atomic E-state index is 9.40. The third kappa shape index (κ3) is 3.14. The first kappa shape index (κ1) is 12.7. The predicted molar refractivity (Wildman–Crippen MR) is 73.1 cm³/mol. The molecule has 0 radical (unpaired) electrons. The lowest BCUT2D eigenvalue weighted by Gasteiger charge is -2.19. The number of benzene rings is 1. The monoisotopic (exact) mass is 253 g/mol. The van der Waals surface area contributed by atoms with E-state index in [-0.39, 0.29) is 6.10 Å². The van der Waals surface area contributed by atoms with Crippen LogP contribution in [-0.2, 0) is 12.8 Å². The molecule has 1 N–H and O–H groups in total. The van der Waals surface area contributed by atoms with Crippen molar-refractivity contribution < 1.29 is 5.11 Å². The summed E-state index contributed by atoms with van der Waals surface area (Å²) in [5.41, 5.74) is 4.00. The van der Waals surface area contributed by atoms with Crippen LogP contribution in [0.5, 0.6) is 0 Å². The van der Waals surface area contributed by atoms with Crippen molar-refractivity contribution in [1.82, 2.24) is 0 Å². The summed E-state index contributed by atoms with van der Waals surface area (Å²) < 4.78 is 0.